The third kappa shape index (κ3) is 6.23. The zero-order chi connectivity index (χ0) is 14.3. The third-order valence-corrected chi connectivity index (χ3v) is 2.54. The zero-order valence-electron chi connectivity index (χ0n) is 12.2. The monoisotopic (exact) mass is 261 g/mol. The Morgan fingerprint density at radius 3 is 2.63 bits per heavy atom. The number of rotatable bonds is 5. The lowest BCUT2D eigenvalue weighted by atomic mass is 9.97. The molecule has 0 amide bonds. The molecule has 0 radical (unpaired) electrons. The molecule has 1 aromatic rings. The fourth-order valence-corrected chi connectivity index (χ4v) is 1.57. The maximum Gasteiger partial charge on any atom is 0.212 e. The molecule has 0 aliphatic carbocycles. The first-order valence-corrected chi connectivity index (χ1v) is 6.39. The van der Waals surface area contributed by atoms with E-state index >= 15 is 0 Å². The van der Waals surface area contributed by atoms with Gasteiger partial charge < -0.3 is 4.74 Å². The highest BCUT2D eigenvalue weighted by molar-refractivity contribution is 5.19. The van der Waals surface area contributed by atoms with Gasteiger partial charge in [0.25, 0.3) is 0 Å². The molecular weight excluding hydrogens is 238 g/mol. The van der Waals surface area contributed by atoms with Crippen molar-refractivity contribution in [2.75, 3.05) is 7.11 Å². The number of hydrazine groups is 1. The van der Waals surface area contributed by atoms with Crippen molar-refractivity contribution in [3.8, 4) is 17.7 Å². The number of nitrogens with one attached hydrogen (secondary N) is 1. The molecular formula is C15H23N3O. The summed E-state index contributed by atoms with van der Waals surface area (Å²) in [4.78, 5) is 4.18. The SMILES string of the molecule is COc1ccc(CC(CC#CC(C)(C)C)NN)cn1. The molecule has 19 heavy (non-hydrogen) atoms. The highest BCUT2D eigenvalue weighted by Gasteiger charge is 2.08. The van der Waals surface area contributed by atoms with Crippen molar-refractivity contribution in [1.29, 1.82) is 0 Å². The number of aromatic nitrogens is 1. The minimum Gasteiger partial charge on any atom is -0.481 e. The van der Waals surface area contributed by atoms with E-state index in [1.54, 1.807) is 13.3 Å². The smallest absolute Gasteiger partial charge is 0.212 e. The Morgan fingerprint density at radius 2 is 2.16 bits per heavy atom. The Morgan fingerprint density at radius 1 is 1.42 bits per heavy atom. The standard InChI is InChI=1S/C15H23N3O/c1-15(2,3)9-5-6-13(18-16)10-12-7-8-14(19-4)17-11-12/h7-8,11,13,18H,6,10,16H2,1-4H3. The number of pyridine rings is 1. The molecule has 1 heterocycles. The van der Waals surface area contributed by atoms with Crippen molar-refractivity contribution >= 4 is 0 Å². The van der Waals surface area contributed by atoms with Gasteiger partial charge in [-0.05, 0) is 32.8 Å². The second-order valence-corrected chi connectivity index (χ2v) is 5.53. The lowest BCUT2D eigenvalue weighted by molar-refractivity contribution is 0.397. The van der Waals surface area contributed by atoms with Gasteiger partial charge in [0.1, 0.15) is 0 Å². The van der Waals surface area contributed by atoms with Crippen LogP contribution < -0.4 is 16.0 Å². The predicted molar refractivity (Wildman–Crippen MR) is 77.5 cm³/mol. The van der Waals surface area contributed by atoms with Gasteiger partial charge >= 0.3 is 0 Å². The van der Waals surface area contributed by atoms with E-state index in [4.69, 9.17) is 10.6 Å². The average molecular weight is 261 g/mol. The summed E-state index contributed by atoms with van der Waals surface area (Å²) in [6.45, 7) is 6.29. The van der Waals surface area contributed by atoms with Crippen LogP contribution in [0.3, 0.4) is 0 Å². The third-order valence-electron chi connectivity index (χ3n) is 2.54. The molecule has 0 spiro atoms. The van der Waals surface area contributed by atoms with Crippen LogP contribution in [0.25, 0.3) is 0 Å². The van der Waals surface area contributed by atoms with Gasteiger partial charge in [-0.15, -0.1) is 5.92 Å². The van der Waals surface area contributed by atoms with Crippen LogP contribution >= 0.6 is 0 Å². The largest absolute Gasteiger partial charge is 0.481 e. The van der Waals surface area contributed by atoms with Crippen LogP contribution in [0.2, 0.25) is 0 Å². The van der Waals surface area contributed by atoms with Crippen molar-refractivity contribution in [2.45, 2.75) is 39.7 Å². The molecule has 0 aliphatic rings. The molecule has 4 heteroatoms. The number of nitrogens with zero attached hydrogens (tertiary/aromatic N) is 1. The van der Waals surface area contributed by atoms with Gasteiger partial charge in [0.2, 0.25) is 5.88 Å². The first-order chi connectivity index (χ1) is 8.94. The van der Waals surface area contributed by atoms with E-state index in [-0.39, 0.29) is 11.5 Å². The van der Waals surface area contributed by atoms with E-state index in [0.29, 0.717) is 5.88 Å². The van der Waals surface area contributed by atoms with Gasteiger partial charge in [0.05, 0.1) is 7.11 Å². The summed E-state index contributed by atoms with van der Waals surface area (Å²) in [5.74, 6) is 12.6. The molecule has 0 bridgehead atoms. The van der Waals surface area contributed by atoms with Crippen LogP contribution in [0.1, 0.15) is 32.8 Å². The molecule has 104 valence electrons. The second kappa shape index (κ2) is 7.13. The van der Waals surface area contributed by atoms with Gasteiger partial charge in [0.15, 0.2) is 0 Å². The van der Waals surface area contributed by atoms with Crippen LogP contribution in [0.4, 0.5) is 0 Å². The summed E-state index contributed by atoms with van der Waals surface area (Å²) in [6.07, 6.45) is 3.33. The predicted octanol–water partition coefficient (Wildman–Crippen LogP) is 1.90. The highest BCUT2D eigenvalue weighted by atomic mass is 16.5. The molecule has 1 aromatic heterocycles. The summed E-state index contributed by atoms with van der Waals surface area (Å²) in [5, 5.41) is 0. The molecule has 1 atom stereocenters. The average Bonchev–Trinajstić information content (AvgIpc) is 2.37. The number of hydrogen-bond donors (Lipinski definition) is 2. The van der Waals surface area contributed by atoms with E-state index < -0.39 is 0 Å². The summed E-state index contributed by atoms with van der Waals surface area (Å²) in [7, 11) is 1.61. The Balaban J connectivity index is 2.58. The fourth-order valence-electron chi connectivity index (χ4n) is 1.57. The Kier molecular flexibility index (Phi) is 5.81. The second-order valence-electron chi connectivity index (χ2n) is 5.53. The molecule has 0 aromatic carbocycles. The Hall–Kier alpha value is -1.57. The fraction of sp³-hybridized carbons (Fsp3) is 0.533. The van der Waals surface area contributed by atoms with Crippen molar-refractivity contribution in [3.05, 3.63) is 23.9 Å². The van der Waals surface area contributed by atoms with Gasteiger partial charge in [-0.25, -0.2) is 4.98 Å². The maximum absolute atomic E-state index is 5.56. The Bertz CT molecular complexity index is 437. The highest BCUT2D eigenvalue weighted by Crippen LogP contribution is 2.12. The van der Waals surface area contributed by atoms with Crippen molar-refractivity contribution in [1.82, 2.24) is 10.4 Å². The lowest BCUT2D eigenvalue weighted by Gasteiger charge is -2.13. The summed E-state index contributed by atoms with van der Waals surface area (Å²) in [6, 6.07) is 3.97. The molecule has 4 nitrogen and oxygen atoms in total. The first-order valence-electron chi connectivity index (χ1n) is 6.39. The van der Waals surface area contributed by atoms with Crippen LogP contribution in [-0.4, -0.2) is 18.1 Å². The lowest BCUT2D eigenvalue weighted by Crippen LogP contribution is -2.36. The van der Waals surface area contributed by atoms with Crippen LogP contribution in [0, 0.1) is 17.3 Å². The zero-order valence-corrected chi connectivity index (χ0v) is 12.2. The van der Waals surface area contributed by atoms with Gasteiger partial charge in [-0.3, -0.25) is 11.3 Å². The molecule has 1 rings (SSSR count). The Labute approximate surface area is 115 Å². The summed E-state index contributed by atoms with van der Waals surface area (Å²) in [5.41, 5.74) is 3.94. The van der Waals surface area contributed by atoms with Gasteiger partial charge in [-0.2, -0.15) is 0 Å². The molecule has 0 saturated heterocycles. The molecule has 0 saturated carbocycles. The molecule has 1 unspecified atom stereocenters. The van der Waals surface area contributed by atoms with E-state index in [1.165, 1.54) is 0 Å². The minimum atomic E-state index is 0.0286. The van der Waals surface area contributed by atoms with E-state index in [2.05, 4.69) is 43.0 Å². The quantitative estimate of drug-likeness (QED) is 0.483. The van der Waals surface area contributed by atoms with E-state index in [1.807, 2.05) is 12.1 Å². The van der Waals surface area contributed by atoms with Crippen molar-refractivity contribution < 1.29 is 4.74 Å². The van der Waals surface area contributed by atoms with Crippen LogP contribution in [0.5, 0.6) is 5.88 Å². The van der Waals surface area contributed by atoms with Crippen LogP contribution in [-0.2, 0) is 6.42 Å². The summed E-state index contributed by atoms with van der Waals surface area (Å²) >= 11 is 0. The first kappa shape index (κ1) is 15.5. The number of methoxy groups -OCH3 is 1. The van der Waals surface area contributed by atoms with Crippen molar-refractivity contribution in [3.63, 3.8) is 0 Å². The van der Waals surface area contributed by atoms with Crippen LogP contribution in [0.15, 0.2) is 18.3 Å². The van der Waals surface area contributed by atoms with Crippen molar-refractivity contribution in [2.24, 2.45) is 11.3 Å². The van der Waals surface area contributed by atoms with Gasteiger partial charge in [0, 0.05) is 30.1 Å². The number of hydrogen-bond acceptors (Lipinski definition) is 4. The van der Waals surface area contributed by atoms with E-state index in [0.717, 1.165) is 18.4 Å². The van der Waals surface area contributed by atoms with E-state index in [9.17, 15) is 0 Å². The maximum atomic E-state index is 5.56. The number of ether oxygens (including phenoxy) is 1. The van der Waals surface area contributed by atoms with Gasteiger partial charge in [-0.1, -0.05) is 12.0 Å². The topological polar surface area (TPSA) is 60.2 Å². The molecule has 0 aliphatic heterocycles. The normalized spacial score (nSPS) is 12.5. The minimum absolute atomic E-state index is 0.0286. The molecule has 0 fully saturated rings. The number of nitrogens with two attached hydrogens (primary N) is 1. The summed E-state index contributed by atoms with van der Waals surface area (Å²) < 4.78 is 5.03. The molecule has 3 N–H and O–H groups in total.